The molecule has 1 rings (SSSR count). The van der Waals surface area contributed by atoms with Gasteiger partial charge in [-0.25, -0.2) is 9.59 Å². The van der Waals surface area contributed by atoms with E-state index in [0.29, 0.717) is 17.0 Å². The number of nitrogens with two attached hydrogens (primary N) is 2. The Morgan fingerprint density at radius 3 is 2.56 bits per heavy atom. The minimum atomic E-state index is -0.987. The van der Waals surface area contributed by atoms with Crippen LogP contribution < -0.4 is 16.2 Å². The smallest absolute Gasteiger partial charge is 0.410 e. The lowest BCUT2D eigenvalue weighted by atomic mass is 10.2. The second-order valence-electron chi connectivity index (χ2n) is 3.35. The minimum Gasteiger partial charge on any atom is -0.445 e. The first-order chi connectivity index (χ1) is 8.43. The van der Waals surface area contributed by atoms with E-state index in [2.05, 4.69) is 9.72 Å². The fraction of sp³-hybridized carbons (Fsp3) is 0.300. The largest absolute Gasteiger partial charge is 0.445 e. The molecule has 1 aromatic heterocycles. The van der Waals surface area contributed by atoms with Gasteiger partial charge in [0.1, 0.15) is 6.61 Å². The summed E-state index contributed by atoms with van der Waals surface area (Å²) in [6.45, 7) is 1.45. The number of nitrogens with zero attached hydrogens (tertiary/aromatic N) is 1. The van der Waals surface area contributed by atoms with Gasteiger partial charge in [-0.3, -0.25) is 4.98 Å². The number of pyridine rings is 1. The Hall–Kier alpha value is -2.02. The zero-order valence-electron chi connectivity index (χ0n) is 9.60. The highest BCUT2D eigenvalue weighted by molar-refractivity contribution is 6.16. The van der Waals surface area contributed by atoms with E-state index in [4.69, 9.17) is 27.8 Å². The summed E-state index contributed by atoms with van der Waals surface area (Å²) >= 11 is 5.66. The summed E-state index contributed by atoms with van der Waals surface area (Å²) in [5.41, 5.74) is 11.2. The Labute approximate surface area is 108 Å². The highest BCUT2D eigenvalue weighted by Crippen LogP contribution is 2.24. The lowest BCUT2D eigenvalue weighted by Gasteiger charge is -2.12. The number of alkyl halides is 1. The summed E-state index contributed by atoms with van der Waals surface area (Å²) < 4.78 is 9.45. The third kappa shape index (κ3) is 3.77. The monoisotopic (exact) mass is 273 g/mol. The first kappa shape index (κ1) is 14.0. The summed E-state index contributed by atoms with van der Waals surface area (Å²) in [5, 5.41) is 0. The molecule has 0 atom stereocenters. The SMILES string of the molecule is Cc1nc(CCl)cc(COC(N)=O)c1OC(N)=O. The first-order valence-electron chi connectivity index (χ1n) is 4.89. The number of rotatable bonds is 4. The lowest BCUT2D eigenvalue weighted by Crippen LogP contribution is -2.19. The molecule has 8 heteroatoms. The number of hydrogen-bond acceptors (Lipinski definition) is 5. The van der Waals surface area contributed by atoms with Crippen LogP contribution in [0.2, 0.25) is 0 Å². The summed E-state index contributed by atoms with van der Waals surface area (Å²) in [6, 6.07) is 1.54. The fourth-order valence-electron chi connectivity index (χ4n) is 1.36. The topological polar surface area (TPSA) is 118 Å². The number of amides is 2. The van der Waals surface area contributed by atoms with Crippen molar-refractivity contribution in [3.63, 3.8) is 0 Å². The summed E-state index contributed by atoms with van der Waals surface area (Å²) in [7, 11) is 0. The molecule has 18 heavy (non-hydrogen) atoms. The van der Waals surface area contributed by atoms with Crippen LogP contribution in [-0.4, -0.2) is 17.2 Å². The number of ether oxygens (including phenoxy) is 2. The predicted molar refractivity (Wildman–Crippen MR) is 63.1 cm³/mol. The van der Waals surface area contributed by atoms with Crippen LogP contribution in [0.1, 0.15) is 17.0 Å². The lowest BCUT2D eigenvalue weighted by molar-refractivity contribution is 0.149. The molecule has 0 unspecified atom stereocenters. The number of hydrogen-bond donors (Lipinski definition) is 2. The molecule has 2 amide bonds. The number of carbonyl (C=O) groups is 2. The van der Waals surface area contributed by atoms with E-state index in [1.807, 2.05) is 0 Å². The Bertz CT molecular complexity index is 478. The van der Waals surface area contributed by atoms with Gasteiger partial charge in [0.15, 0.2) is 5.75 Å². The van der Waals surface area contributed by atoms with Gasteiger partial charge in [-0.15, -0.1) is 11.6 Å². The maximum atomic E-state index is 10.8. The Morgan fingerprint density at radius 1 is 1.39 bits per heavy atom. The van der Waals surface area contributed by atoms with Crippen LogP contribution in [-0.2, 0) is 17.2 Å². The molecule has 0 saturated carbocycles. The highest BCUT2D eigenvalue weighted by atomic mass is 35.5. The van der Waals surface area contributed by atoms with E-state index in [1.165, 1.54) is 0 Å². The van der Waals surface area contributed by atoms with E-state index < -0.39 is 12.2 Å². The molecule has 0 radical (unpaired) electrons. The van der Waals surface area contributed by atoms with Crippen molar-refractivity contribution < 1.29 is 19.1 Å². The molecule has 0 saturated heterocycles. The fourth-order valence-corrected chi connectivity index (χ4v) is 1.50. The van der Waals surface area contributed by atoms with E-state index >= 15 is 0 Å². The van der Waals surface area contributed by atoms with Gasteiger partial charge in [0, 0.05) is 5.56 Å². The van der Waals surface area contributed by atoms with Gasteiger partial charge in [0.2, 0.25) is 0 Å². The van der Waals surface area contributed by atoms with Crippen molar-refractivity contribution in [2.45, 2.75) is 19.4 Å². The first-order valence-corrected chi connectivity index (χ1v) is 5.42. The molecule has 0 aliphatic carbocycles. The average Bonchev–Trinajstić information content (AvgIpc) is 2.29. The van der Waals surface area contributed by atoms with Crippen molar-refractivity contribution in [3.05, 3.63) is 23.0 Å². The van der Waals surface area contributed by atoms with E-state index in [-0.39, 0.29) is 18.2 Å². The maximum Gasteiger partial charge on any atom is 0.410 e. The standard InChI is InChI=1S/C10H12ClN3O4/c1-5-8(18-10(13)16)6(4-17-9(12)15)2-7(3-11)14-5/h2H,3-4H2,1H3,(H2,12,15)(H2,13,16). The van der Waals surface area contributed by atoms with Crippen LogP contribution in [0.3, 0.4) is 0 Å². The van der Waals surface area contributed by atoms with Gasteiger partial charge >= 0.3 is 12.2 Å². The van der Waals surface area contributed by atoms with E-state index in [9.17, 15) is 9.59 Å². The van der Waals surface area contributed by atoms with Crippen LogP contribution in [0.5, 0.6) is 5.75 Å². The van der Waals surface area contributed by atoms with Crippen LogP contribution in [0.15, 0.2) is 6.07 Å². The van der Waals surface area contributed by atoms with Gasteiger partial charge in [-0.2, -0.15) is 0 Å². The van der Waals surface area contributed by atoms with Gasteiger partial charge in [0.05, 0.1) is 17.3 Å². The number of aryl methyl sites for hydroxylation is 1. The van der Waals surface area contributed by atoms with Crippen molar-refractivity contribution in [1.82, 2.24) is 4.98 Å². The molecule has 1 heterocycles. The van der Waals surface area contributed by atoms with Gasteiger partial charge in [-0.1, -0.05) is 0 Å². The second kappa shape index (κ2) is 6.06. The molecule has 98 valence electrons. The quantitative estimate of drug-likeness (QED) is 0.799. The van der Waals surface area contributed by atoms with E-state index in [0.717, 1.165) is 0 Å². The van der Waals surface area contributed by atoms with Gasteiger partial charge in [0.25, 0.3) is 0 Å². The molecule has 0 fully saturated rings. The van der Waals surface area contributed by atoms with Gasteiger partial charge < -0.3 is 20.9 Å². The zero-order chi connectivity index (χ0) is 13.7. The highest BCUT2D eigenvalue weighted by Gasteiger charge is 2.14. The van der Waals surface area contributed by atoms with Crippen molar-refractivity contribution >= 4 is 23.8 Å². The molecule has 1 aromatic rings. The molecule has 0 bridgehead atoms. The molecular weight excluding hydrogens is 262 g/mol. The van der Waals surface area contributed by atoms with Gasteiger partial charge in [-0.05, 0) is 13.0 Å². The van der Waals surface area contributed by atoms with Crippen LogP contribution in [0, 0.1) is 6.92 Å². The molecule has 0 aliphatic rings. The summed E-state index contributed by atoms with van der Waals surface area (Å²) in [4.78, 5) is 25.4. The molecule has 7 nitrogen and oxygen atoms in total. The second-order valence-corrected chi connectivity index (χ2v) is 3.62. The van der Waals surface area contributed by atoms with E-state index in [1.54, 1.807) is 13.0 Å². The third-order valence-corrected chi connectivity index (χ3v) is 2.26. The third-order valence-electron chi connectivity index (χ3n) is 1.98. The Kier molecular flexibility index (Phi) is 4.73. The molecular formula is C10H12ClN3O4. The number of primary amides is 2. The molecule has 4 N–H and O–H groups in total. The number of aromatic nitrogens is 1. The van der Waals surface area contributed by atoms with Crippen molar-refractivity contribution in [2.75, 3.05) is 0 Å². The maximum absolute atomic E-state index is 10.8. The van der Waals surface area contributed by atoms with Crippen molar-refractivity contribution in [3.8, 4) is 5.75 Å². The zero-order valence-corrected chi connectivity index (χ0v) is 10.4. The van der Waals surface area contributed by atoms with Crippen LogP contribution >= 0.6 is 11.6 Å². The molecule has 0 aliphatic heterocycles. The normalized spacial score (nSPS) is 9.89. The van der Waals surface area contributed by atoms with Crippen molar-refractivity contribution in [1.29, 1.82) is 0 Å². The van der Waals surface area contributed by atoms with Crippen LogP contribution in [0.4, 0.5) is 9.59 Å². The number of halogens is 1. The summed E-state index contributed by atoms with van der Waals surface area (Å²) in [6.07, 6.45) is -1.93. The molecule has 0 spiro atoms. The summed E-state index contributed by atoms with van der Waals surface area (Å²) in [5.74, 6) is 0.305. The van der Waals surface area contributed by atoms with Crippen LogP contribution in [0.25, 0.3) is 0 Å². The average molecular weight is 274 g/mol. The Balaban J connectivity index is 3.11. The predicted octanol–water partition coefficient (Wildman–Crippen LogP) is 1.18. The van der Waals surface area contributed by atoms with Crippen molar-refractivity contribution in [2.24, 2.45) is 11.5 Å². The minimum absolute atomic E-state index is 0.137. The number of carbonyl (C=O) groups excluding carboxylic acids is 2. The Morgan fingerprint density at radius 2 is 2.06 bits per heavy atom. The molecule has 0 aromatic carbocycles.